The molecule has 5 nitrogen and oxygen atoms in total. The molecular formula is C15H17ClN4O. The van der Waals surface area contributed by atoms with Gasteiger partial charge in [-0.05, 0) is 37.1 Å². The third-order valence-electron chi connectivity index (χ3n) is 4.40. The van der Waals surface area contributed by atoms with Crippen molar-refractivity contribution in [2.45, 2.75) is 6.54 Å². The van der Waals surface area contributed by atoms with Crippen molar-refractivity contribution < 1.29 is 4.42 Å². The van der Waals surface area contributed by atoms with Gasteiger partial charge in [0.1, 0.15) is 0 Å². The quantitative estimate of drug-likeness (QED) is 0.940. The first kappa shape index (κ1) is 13.2. The number of hydrogen-bond donors (Lipinski definition) is 1. The summed E-state index contributed by atoms with van der Waals surface area (Å²) in [5, 5.41) is 12.4. The van der Waals surface area contributed by atoms with E-state index in [-0.39, 0.29) is 0 Å². The fourth-order valence-electron chi connectivity index (χ4n) is 3.33. The van der Waals surface area contributed by atoms with Crippen LogP contribution in [0.25, 0.3) is 11.5 Å². The molecule has 3 heterocycles. The van der Waals surface area contributed by atoms with Crippen molar-refractivity contribution in [1.29, 1.82) is 0 Å². The average Bonchev–Trinajstić information content (AvgIpc) is 3.15. The Hall–Kier alpha value is -1.43. The van der Waals surface area contributed by atoms with Crippen molar-refractivity contribution in [1.82, 2.24) is 20.4 Å². The summed E-state index contributed by atoms with van der Waals surface area (Å²) < 4.78 is 5.77. The largest absolute Gasteiger partial charge is 0.419 e. The molecule has 0 bridgehead atoms. The minimum atomic E-state index is 0.497. The Kier molecular flexibility index (Phi) is 3.41. The lowest BCUT2D eigenvalue weighted by atomic mass is 10.0. The molecule has 2 atom stereocenters. The zero-order valence-corrected chi connectivity index (χ0v) is 12.4. The van der Waals surface area contributed by atoms with Gasteiger partial charge in [-0.2, -0.15) is 0 Å². The van der Waals surface area contributed by atoms with E-state index in [4.69, 9.17) is 16.0 Å². The second kappa shape index (κ2) is 5.40. The number of benzene rings is 1. The maximum absolute atomic E-state index is 6.16. The van der Waals surface area contributed by atoms with Crippen LogP contribution in [-0.2, 0) is 6.54 Å². The van der Waals surface area contributed by atoms with E-state index < -0.39 is 0 Å². The molecular weight excluding hydrogens is 288 g/mol. The standard InChI is InChI=1S/C15H17ClN4O/c16-13-4-2-1-3-12(13)15-19-18-14(21-15)9-20-7-10-5-17-6-11(10)8-20/h1-4,10-11,17H,5-9H2/t10-,11+. The molecule has 2 aliphatic rings. The van der Waals surface area contributed by atoms with Crippen molar-refractivity contribution in [3.63, 3.8) is 0 Å². The van der Waals surface area contributed by atoms with Crippen molar-refractivity contribution in [3.05, 3.63) is 35.2 Å². The highest BCUT2D eigenvalue weighted by molar-refractivity contribution is 6.33. The van der Waals surface area contributed by atoms with Gasteiger partial charge in [0.05, 0.1) is 17.1 Å². The summed E-state index contributed by atoms with van der Waals surface area (Å²) in [5.74, 6) is 2.71. The maximum Gasteiger partial charge on any atom is 0.249 e. The Morgan fingerprint density at radius 3 is 2.71 bits per heavy atom. The van der Waals surface area contributed by atoms with E-state index in [0.29, 0.717) is 16.8 Å². The van der Waals surface area contributed by atoms with Crippen LogP contribution in [0.2, 0.25) is 5.02 Å². The Morgan fingerprint density at radius 2 is 1.95 bits per heavy atom. The Bertz CT molecular complexity index is 632. The molecule has 2 aromatic rings. The Morgan fingerprint density at radius 1 is 1.19 bits per heavy atom. The molecule has 0 radical (unpaired) electrons. The van der Waals surface area contributed by atoms with Gasteiger partial charge in [-0.1, -0.05) is 23.7 Å². The number of hydrogen-bond acceptors (Lipinski definition) is 5. The molecule has 2 aliphatic heterocycles. The van der Waals surface area contributed by atoms with E-state index in [1.807, 2.05) is 24.3 Å². The van der Waals surface area contributed by atoms with Crippen LogP contribution >= 0.6 is 11.6 Å². The van der Waals surface area contributed by atoms with Gasteiger partial charge in [0, 0.05) is 13.1 Å². The Balaban J connectivity index is 1.47. The highest BCUT2D eigenvalue weighted by Crippen LogP contribution is 2.29. The summed E-state index contributed by atoms with van der Waals surface area (Å²) in [6, 6.07) is 7.53. The van der Waals surface area contributed by atoms with Crippen LogP contribution in [0.5, 0.6) is 0 Å². The molecule has 2 saturated heterocycles. The van der Waals surface area contributed by atoms with Gasteiger partial charge in [0.25, 0.3) is 0 Å². The van der Waals surface area contributed by atoms with Gasteiger partial charge in [-0.25, -0.2) is 0 Å². The topological polar surface area (TPSA) is 54.2 Å². The third kappa shape index (κ3) is 2.57. The van der Waals surface area contributed by atoms with E-state index in [0.717, 1.165) is 50.1 Å². The van der Waals surface area contributed by atoms with Crippen molar-refractivity contribution >= 4 is 11.6 Å². The van der Waals surface area contributed by atoms with Crippen molar-refractivity contribution in [2.75, 3.05) is 26.2 Å². The van der Waals surface area contributed by atoms with E-state index in [9.17, 15) is 0 Å². The first-order valence-corrected chi connectivity index (χ1v) is 7.68. The summed E-state index contributed by atoms with van der Waals surface area (Å²) in [6.45, 7) is 5.22. The Labute approximate surface area is 128 Å². The lowest BCUT2D eigenvalue weighted by molar-refractivity contribution is 0.273. The fraction of sp³-hybridized carbons (Fsp3) is 0.467. The highest BCUT2D eigenvalue weighted by Gasteiger charge is 2.36. The first-order chi connectivity index (χ1) is 10.3. The van der Waals surface area contributed by atoms with Crippen LogP contribution < -0.4 is 5.32 Å². The van der Waals surface area contributed by atoms with Crippen LogP contribution in [0.1, 0.15) is 5.89 Å². The second-order valence-corrected chi connectivity index (χ2v) is 6.26. The van der Waals surface area contributed by atoms with Crippen LogP contribution in [0.3, 0.4) is 0 Å². The predicted octanol–water partition coefficient (Wildman–Crippen LogP) is 2.04. The highest BCUT2D eigenvalue weighted by atomic mass is 35.5. The molecule has 1 aromatic carbocycles. The molecule has 0 spiro atoms. The lowest BCUT2D eigenvalue weighted by Gasteiger charge is -2.13. The molecule has 21 heavy (non-hydrogen) atoms. The number of halogens is 1. The number of nitrogens with one attached hydrogen (secondary N) is 1. The minimum absolute atomic E-state index is 0.497. The van der Waals surface area contributed by atoms with E-state index in [2.05, 4.69) is 20.4 Å². The van der Waals surface area contributed by atoms with Gasteiger partial charge in [-0.3, -0.25) is 4.90 Å². The molecule has 2 fully saturated rings. The molecule has 1 aromatic heterocycles. The number of aromatic nitrogens is 2. The van der Waals surface area contributed by atoms with Crippen LogP contribution in [0.15, 0.2) is 28.7 Å². The number of likely N-dealkylation sites (tertiary alicyclic amines) is 1. The molecule has 0 aliphatic carbocycles. The SMILES string of the molecule is Clc1ccccc1-c1nnc(CN2C[C@H]3CNC[C@H]3C2)o1. The van der Waals surface area contributed by atoms with Gasteiger partial charge >= 0.3 is 0 Å². The maximum atomic E-state index is 6.16. The van der Waals surface area contributed by atoms with E-state index >= 15 is 0 Å². The molecule has 6 heteroatoms. The van der Waals surface area contributed by atoms with Crippen molar-refractivity contribution in [3.8, 4) is 11.5 Å². The minimum Gasteiger partial charge on any atom is -0.419 e. The third-order valence-corrected chi connectivity index (χ3v) is 4.72. The average molecular weight is 305 g/mol. The molecule has 0 amide bonds. The fourth-order valence-corrected chi connectivity index (χ4v) is 3.55. The summed E-state index contributed by atoms with van der Waals surface area (Å²) in [7, 11) is 0. The van der Waals surface area contributed by atoms with Gasteiger partial charge < -0.3 is 9.73 Å². The molecule has 0 unspecified atom stereocenters. The first-order valence-electron chi connectivity index (χ1n) is 7.30. The summed E-state index contributed by atoms with van der Waals surface area (Å²) in [4.78, 5) is 2.40. The predicted molar refractivity (Wildman–Crippen MR) is 79.9 cm³/mol. The van der Waals surface area contributed by atoms with Crippen LogP contribution in [0.4, 0.5) is 0 Å². The molecule has 1 N–H and O–H groups in total. The van der Waals surface area contributed by atoms with Crippen LogP contribution in [0, 0.1) is 11.8 Å². The molecule has 0 saturated carbocycles. The molecule has 4 rings (SSSR count). The number of nitrogens with zero attached hydrogens (tertiary/aromatic N) is 3. The van der Waals surface area contributed by atoms with Gasteiger partial charge in [-0.15, -0.1) is 10.2 Å². The van der Waals surface area contributed by atoms with Crippen molar-refractivity contribution in [2.24, 2.45) is 11.8 Å². The summed E-state index contributed by atoms with van der Waals surface area (Å²) >= 11 is 6.16. The number of rotatable bonds is 3. The molecule has 110 valence electrons. The monoisotopic (exact) mass is 304 g/mol. The van der Waals surface area contributed by atoms with Gasteiger partial charge in [0.2, 0.25) is 11.8 Å². The van der Waals surface area contributed by atoms with Crippen LogP contribution in [-0.4, -0.2) is 41.3 Å². The summed E-state index contributed by atoms with van der Waals surface area (Å²) in [6.07, 6.45) is 0. The van der Waals surface area contributed by atoms with E-state index in [1.165, 1.54) is 0 Å². The lowest BCUT2D eigenvalue weighted by Crippen LogP contribution is -2.25. The second-order valence-electron chi connectivity index (χ2n) is 5.85. The number of fused-ring (bicyclic) bond motifs is 1. The normalized spacial score (nSPS) is 25.4. The summed E-state index contributed by atoms with van der Waals surface area (Å²) in [5.41, 5.74) is 0.792. The van der Waals surface area contributed by atoms with E-state index in [1.54, 1.807) is 0 Å². The zero-order valence-electron chi connectivity index (χ0n) is 11.6. The van der Waals surface area contributed by atoms with Gasteiger partial charge in [0.15, 0.2) is 0 Å². The zero-order chi connectivity index (χ0) is 14.2. The smallest absolute Gasteiger partial charge is 0.249 e.